The first-order chi connectivity index (χ1) is 14.7. The Labute approximate surface area is 192 Å². The number of H-pyrrole nitrogens is 2. The van der Waals surface area contributed by atoms with Gasteiger partial charge in [-0.2, -0.15) is 0 Å². The zero-order chi connectivity index (χ0) is 20.5. The lowest BCUT2D eigenvalue weighted by Crippen LogP contribution is -1.87. The number of aromatic amines is 2. The van der Waals surface area contributed by atoms with Gasteiger partial charge in [0.15, 0.2) is 0 Å². The Morgan fingerprint density at radius 1 is 0.367 bits per heavy atom. The van der Waals surface area contributed by atoms with Gasteiger partial charge in [0.1, 0.15) is 0 Å². The molecule has 2 N–H and O–H groups in total. The Bertz CT molecular complexity index is 1230. The molecule has 0 aliphatic heterocycles. The van der Waals surface area contributed by atoms with Gasteiger partial charge >= 0.3 is 0 Å². The Morgan fingerprint density at radius 3 is 1.03 bits per heavy atom. The van der Waals surface area contributed by atoms with Crippen LogP contribution in [0.25, 0.3) is 45.0 Å². The summed E-state index contributed by atoms with van der Waals surface area (Å²) in [6.45, 7) is 0. The van der Waals surface area contributed by atoms with Crippen LogP contribution in [0.2, 0.25) is 0 Å². The third-order valence-corrected chi connectivity index (χ3v) is 6.59. The van der Waals surface area contributed by atoms with Crippen LogP contribution in [0.3, 0.4) is 0 Å². The Kier molecular flexibility index (Phi) is 5.19. The average Bonchev–Trinajstić information content (AvgIpc) is 3.45. The molecule has 0 unspecified atom stereocenters. The number of aromatic nitrogens is 2. The molecule has 4 heteroatoms. The fourth-order valence-corrected chi connectivity index (χ4v) is 4.73. The van der Waals surface area contributed by atoms with Crippen LogP contribution >= 0.6 is 31.9 Å². The molecular formula is C26H18Br2N2. The maximum atomic E-state index is 3.65. The summed E-state index contributed by atoms with van der Waals surface area (Å²) in [6.07, 6.45) is 0. The predicted molar refractivity (Wildman–Crippen MR) is 132 cm³/mol. The van der Waals surface area contributed by atoms with Crippen molar-refractivity contribution < 1.29 is 0 Å². The van der Waals surface area contributed by atoms with E-state index in [2.05, 4.69) is 127 Å². The second kappa shape index (κ2) is 8.13. The maximum Gasteiger partial charge on any atom is 0.0470 e. The van der Waals surface area contributed by atoms with Gasteiger partial charge < -0.3 is 9.97 Å². The lowest BCUT2D eigenvalue weighted by molar-refractivity contribution is 1.36. The van der Waals surface area contributed by atoms with Crippen molar-refractivity contribution in [2.75, 3.05) is 0 Å². The highest BCUT2D eigenvalue weighted by molar-refractivity contribution is 9.11. The largest absolute Gasteiger partial charge is 0.354 e. The summed E-state index contributed by atoms with van der Waals surface area (Å²) in [5.41, 5.74) is 8.99. The van der Waals surface area contributed by atoms with Crippen LogP contribution in [0, 0.1) is 0 Å². The summed E-state index contributed by atoms with van der Waals surface area (Å²) in [4.78, 5) is 7.19. The number of rotatable bonds is 4. The van der Waals surface area contributed by atoms with Crippen molar-refractivity contribution in [2.45, 2.75) is 0 Å². The molecule has 0 saturated heterocycles. The summed E-state index contributed by atoms with van der Waals surface area (Å²) >= 11 is 7.30. The summed E-state index contributed by atoms with van der Waals surface area (Å²) < 4.78 is 2.16. The third kappa shape index (κ3) is 3.57. The van der Waals surface area contributed by atoms with Crippen molar-refractivity contribution in [3.8, 4) is 45.0 Å². The monoisotopic (exact) mass is 516 g/mol. The standard InChI is InChI=1S/C26H18Br2N2/c27-21-11-5-3-9-19(21)25-15-13-23(29-25)17-7-1-2-8-18(17)24-14-16-26(30-24)20-10-4-6-12-22(20)28/h1-16,29-30H. The zero-order valence-corrected chi connectivity index (χ0v) is 19.2. The van der Waals surface area contributed by atoms with E-state index in [0.29, 0.717) is 0 Å². The average molecular weight is 518 g/mol. The molecule has 0 fully saturated rings. The van der Waals surface area contributed by atoms with Crippen LogP contribution in [0.15, 0.2) is 106 Å². The molecule has 146 valence electrons. The normalized spacial score (nSPS) is 11.0. The number of benzene rings is 3. The Hall–Kier alpha value is -2.82. The highest BCUT2D eigenvalue weighted by Gasteiger charge is 2.13. The third-order valence-electron chi connectivity index (χ3n) is 5.21. The SMILES string of the molecule is Brc1ccccc1-c1ccc(-c2ccccc2-c2ccc(-c3ccccc3Br)[nH]2)[nH]1. The molecule has 0 saturated carbocycles. The summed E-state index contributed by atoms with van der Waals surface area (Å²) in [6, 6.07) is 33.5. The molecular weight excluding hydrogens is 500 g/mol. The lowest BCUT2D eigenvalue weighted by atomic mass is 10.0. The van der Waals surface area contributed by atoms with Crippen LogP contribution in [0.1, 0.15) is 0 Å². The molecule has 2 aromatic heterocycles. The minimum absolute atomic E-state index is 1.08. The lowest BCUT2D eigenvalue weighted by Gasteiger charge is -2.08. The number of hydrogen-bond acceptors (Lipinski definition) is 0. The molecule has 5 aromatic rings. The number of hydrogen-bond donors (Lipinski definition) is 2. The van der Waals surface area contributed by atoms with E-state index in [1.165, 1.54) is 0 Å². The van der Waals surface area contributed by atoms with E-state index in [1.807, 2.05) is 12.1 Å². The second-order valence-electron chi connectivity index (χ2n) is 7.08. The molecule has 0 spiro atoms. The van der Waals surface area contributed by atoms with Crippen molar-refractivity contribution in [1.29, 1.82) is 0 Å². The first-order valence-electron chi connectivity index (χ1n) is 9.68. The highest BCUT2D eigenvalue weighted by atomic mass is 79.9. The van der Waals surface area contributed by atoms with Crippen molar-refractivity contribution >= 4 is 31.9 Å². The molecule has 2 heterocycles. The van der Waals surface area contributed by atoms with E-state index in [1.54, 1.807) is 0 Å². The van der Waals surface area contributed by atoms with Gasteiger partial charge in [-0.1, -0.05) is 92.5 Å². The van der Waals surface area contributed by atoms with E-state index in [0.717, 1.165) is 54.0 Å². The van der Waals surface area contributed by atoms with Gasteiger partial charge in [0.25, 0.3) is 0 Å². The van der Waals surface area contributed by atoms with Gasteiger partial charge in [-0.3, -0.25) is 0 Å². The Balaban J connectivity index is 1.55. The fraction of sp³-hybridized carbons (Fsp3) is 0. The van der Waals surface area contributed by atoms with Crippen molar-refractivity contribution in [3.63, 3.8) is 0 Å². The van der Waals surface area contributed by atoms with Gasteiger partial charge in [-0.15, -0.1) is 0 Å². The molecule has 0 bridgehead atoms. The van der Waals surface area contributed by atoms with Gasteiger partial charge in [0.05, 0.1) is 0 Å². The minimum atomic E-state index is 1.08. The van der Waals surface area contributed by atoms with E-state index < -0.39 is 0 Å². The molecule has 2 nitrogen and oxygen atoms in total. The quantitative estimate of drug-likeness (QED) is 0.239. The van der Waals surface area contributed by atoms with Crippen LogP contribution in [-0.2, 0) is 0 Å². The second-order valence-corrected chi connectivity index (χ2v) is 8.79. The fourth-order valence-electron chi connectivity index (χ4n) is 3.73. The summed E-state index contributed by atoms with van der Waals surface area (Å²) in [7, 11) is 0. The van der Waals surface area contributed by atoms with Crippen LogP contribution in [0.5, 0.6) is 0 Å². The van der Waals surface area contributed by atoms with Crippen LogP contribution in [-0.4, -0.2) is 9.97 Å². The molecule has 0 aliphatic rings. The Morgan fingerprint density at radius 2 is 0.667 bits per heavy atom. The maximum absolute atomic E-state index is 3.65. The highest BCUT2D eigenvalue weighted by Crippen LogP contribution is 2.36. The van der Waals surface area contributed by atoms with Crippen LogP contribution < -0.4 is 0 Å². The molecule has 5 rings (SSSR count). The van der Waals surface area contributed by atoms with E-state index >= 15 is 0 Å². The van der Waals surface area contributed by atoms with Crippen molar-refractivity contribution in [1.82, 2.24) is 9.97 Å². The predicted octanol–water partition coefficient (Wildman–Crippen LogP) is 8.54. The molecule has 0 aliphatic carbocycles. The first-order valence-corrected chi connectivity index (χ1v) is 11.3. The van der Waals surface area contributed by atoms with E-state index in [-0.39, 0.29) is 0 Å². The summed E-state index contributed by atoms with van der Waals surface area (Å²) in [5.74, 6) is 0. The topological polar surface area (TPSA) is 31.6 Å². The van der Waals surface area contributed by atoms with Gasteiger partial charge in [-0.05, 0) is 36.4 Å². The zero-order valence-electron chi connectivity index (χ0n) is 16.0. The molecule has 0 radical (unpaired) electrons. The molecule has 30 heavy (non-hydrogen) atoms. The van der Waals surface area contributed by atoms with Gasteiger partial charge in [-0.25, -0.2) is 0 Å². The van der Waals surface area contributed by atoms with Crippen LogP contribution in [0.4, 0.5) is 0 Å². The molecule has 3 aromatic carbocycles. The smallest absolute Gasteiger partial charge is 0.0470 e. The van der Waals surface area contributed by atoms with E-state index in [9.17, 15) is 0 Å². The first kappa shape index (κ1) is 19.2. The molecule has 0 amide bonds. The van der Waals surface area contributed by atoms with Crippen molar-refractivity contribution in [3.05, 3.63) is 106 Å². The number of halogens is 2. The van der Waals surface area contributed by atoms with Gasteiger partial charge in [0, 0.05) is 54.0 Å². The summed E-state index contributed by atoms with van der Waals surface area (Å²) in [5, 5.41) is 0. The minimum Gasteiger partial charge on any atom is -0.354 e. The number of nitrogens with one attached hydrogen (secondary N) is 2. The van der Waals surface area contributed by atoms with Gasteiger partial charge in [0.2, 0.25) is 0 Å². The van der Waals surface area contributed by atoms with E-state index in [4.69, 9.17) is 0 Å². The molecule has 0 atom stereocenters. The van der Waals surface area contributed by atoms with Crippen molar-refractivity contribution in [2.24, 2.45) is 0 Å².